The molecular formula is C17H27NO2. The average molecular weight is 277 g/mol. The molecule has 0 amide bonds. The highest BCUT2D eigenvalue weighted by Gasteiger charge is 2.23. The van der Waals surface area contributed by atoms with E-state index in [-0.39, 0.29) is 0 Å². The van der Waals surface area contributed by atoms with Gasteiger partial charge in [-0.2, -0.15) is 0 Å². The summed E-state index contributed by atoms with van der Waals surface area (Å²) in [6.07, 6.45) is 4.63. The van der Waals surface area contributed by atoms with E-state index < -0.39 is 6.10 Å². The number of aliphatic hydroxyl groups is 1. The zero-order valence-electron chi connectivity index (χ0n) is 12.9. The van der Waals surface area contributed by atoms with Crippen molar-refractivity contribution in [2.45, 2.75) is 45.6 Å². The molecule has 0 spiro atoms. The van der Waals surface area contributed by atoms with Crippen LogP contribution in [0.2, 0.25) is 0 Å². The number of rotatable bonds is 5. The molecule has 20 heavy (non-hydrogen) atoms. The number of piperidine rings is 1. The predicted octanol–water partition coefficient (Wildman–Crippen LogP) is 3.77. The Morgan fingerprint density at radius 3 is 2.60 bits per heavy atom. The molecule has 1 aliphatic rings. The first-order chi connectivity index (χ1) is 9.67. The summed E-state index contributed by atoms with van der Waals surface area (Å²) in [6.45, 7) is 6.24. The molecule has 3 nitrogen and oxygen atoms in total. The molecule has 2 rings (SSSR count). The van der Waals surface area contributed by atoms with Crippen LogP contribution in [0, 0.1) is 5.92 Å². The van der Waals surface area contributed by atoms with Crippen LogP contribution in [0.5, 0.6) is 5.75 Å². The van der Waals surface area contributed by atoms with Crippen molar-refractivity contribution in [3.05, 3.63) is 23.8 Å². The average Bonchev–Trinajstić information content (AvgIpc) is 2.47. The van der Waals surface area contributed by atoms with E-state index >= 15 is 0 Å². The van der Waals surface area contributed by atoms with E-state index in [0.29, 0.717) is 0 Å². The van der Waals surface area contributed by atoms with E-state index in [4.69, 9.17) is 4.74 Å². The van der Waals surface area contributed by atoms with Crippen LogP contribution in [-0.2, 0) is 0 Å². The van der Waals surface area contributed by atoms with Gasteiger partial charge in [0.1, 0.15) is 5.75 Å². The third kappa shape index (κ3) is 3.26. The van der Waals surface area contributed by atoms with Crippen LogP contribution in [0.4, 0.5) is 5.69 Å². The Balaban J connectivity index is 2.17. The first kappa shape index (κ1) is 15.2. The number of anilines is 1. The van der Waals surface area contributed by atoms with Gasteiger partial charge < -0.3 is 14.7 Å². The minimum Gasteiger partial charge on any atom is -0.496 e. The lowest BCUT2D eigenvalue weighted by atomic mass is 9.91. The second-order valence-corrected chi connectivity index (χ2v) is 5.79. The van der Waals surface area contributed by atoms with E-state index in [1.807, 2.05) is 19.1 Å². The maximum absolute atomic E-state index is 10.1. The Morgan fingerprint density at radius 2 is 2.05 bits per heavy atom. The minimum absolute atomic E-state index is 0.505. The molecule has 0 bridgehead atoms. The standard InChI is InChI=1S/C17H27NO2/c1-4-6-14-9-11-18(12-10-14)15-7-5-8-16(20-3)17(15)13(2)19/h5,7-8,13-14,19H,4,6,9-12H2,1-3H3/t13-/m1/s1. The summed E-state index contributed by atoms with van der Waals surface area (Å²) in [5, 5.41) is 10.1. The van der Waals surface area contributed by atoms with Gasteiger partial charge in [-0.1, -0.05) is 25.8 Å². The number of ether oxygens (including phenoxy) is 1. The van der Waals surface area contributed by atoms with Crippen LogP contribution in [0.1, 0.15) is 51.2 Å². The van der Waals surface area contributed by atoms with E-state index in [2.05, 4.69) is 17.9 Å². The lowest BCUT2D eigenvalue weighted by molar-refractivity contribution is 0.194. The lowest BCUT2D eigenvalue weighted by Gasteiger charge is -2.35. The van der Waals surface area contributed by atoms with Gasteiger partial charge in [0.05, 0.1) is 13.2 Å². The Morgan fingerprint density at radius 1 is 1.35 bits per heavy atom. The normalized spacial score (nSPS) is 18.1. The molecule has 3 heteroatoms. The number of benzene rings is 1. The summed E-state index contributed by atoms with van der Waals surface area (Å²) >= 11 is 0. The van der Waals surface area contributed by atoms with Crippen LogP contribution in [-0.4, -0.2) is 25.3 Å². The van der Waals surface area contributed by atoms with Crippen LogP contribution in [0.3, 0.4) is 0 Å². The molecule has 0 saturated carbocycles. The second kappa shape index (κ2) is 6.98. The van der Waals surface area contributed by atoms with E-state index in [9.17, 15) is 5.11 Å². The van der Waals surface area contributed by atoms with Gasteiger partial charge in [0.2, 0.25) is 0 Å². The van der Waals surface area contributed by atoms with E-state index in [1.54, 1.807) is 7.11 Å². The summed E-state index contributed by atoms with van der Waals surface area (Å²) in [7, 11) is 1.67. The lowest BCUT2D eigenvalue weighted by Crippen LogP contribution is -2.34. The maximum atomic E-state index is 10.1. The van der Waals surface area contributed by atoms with Crippen molar-refractivity contribution in [3.8, 4) is 5.75 Å². The molecule has 1 aromatic rings. The van der Waals surface area contributed by atoms with Gasteiger partial charge >= 0.3 is 0 Å². The Kier molecular flexibility index (Phi) is 5.30. The highest BCUT2D eigenvalue weighted by molar-refractivity contribution is 5.60. The molecule has 1 saturated heterocycles. The molecule has 1 heterocycles. The van der Waals surface area contributed by atoms with Gasteiger partial charge in [0.15, 0.2) is 0 Å². The third-order valence-corrected chi connectivity index (χ3v) is 4.33. The summed E-state index contributed by atoms with van der Waals surface area (Å²) in [4.78, 5) is 2.40. The Labute approximate surface area is 122 Å². The second-order valence-electron chi connectivity index (χ2n) is 5.79. The van der Waals surface area contributed by atoms with Gasteiger partial charge in [-0.15, -0.1) is 0 Å². The van der Waals surface area contributed by atoms with Crippen molar-refractivity contribution in [1.29, 1.82) is 0 Å². The smallest absolute Gasteiger partial charge is 0.126 e. The molecule has 0 aliphatic carbocycles. The van der Waals surface area contributed by atoms with Crippen LogP contribution >= 0.6 is 0 Å². The number of hydrogen-bond acceptors (Lipinski definition) is 3. The van der Waals surface area contributed by atoms with Gasteiger partial charge in [0.25, 0.3) is 0 Å². The van der Waals surface area contributed by atoms with Crippen LogP contribution in [0.15, 0.2) is 18.2 Å². The Hall–Kier alpha value is -1.22. The van der Waals surface area contributed by atoms with Crippen molar-refractivity contribution < 1.29 is 9.84 Å². The predicted molar refractivity (Wildman–Crippen MR) is 83.5 cm³/mol. The molecule has 112 valence electrons. The zero-order valence-corrected chi connectivity index (χ0v) is 12.9. The number of hydrogen-bond donors (Lipinski definition) is 1. The monoisotopic (exact) mass is 277 g/mol. The summed E-state index contributed by atoms with van der Waals surface area (Å²) in [5.41, 5.74) is 2.05. The fourth-order valence-electron chi connectivity index (χ4n) is 3.28. The quantitative estimate of drug-likeness (QED) is 0.889. The summed E-state index contributed by atoms with van der Waals surface area (Å²) in [5.74, 6) is 1.66. The minimum atomic E-state index is -0.505. The van der Waals surface area contributed by atoms with Gasteiger partial charge in [0, 0.05) is 24.3 Å². The highest BCUT2D eigenvalue weighted by atomic mass is 16.5. The molecule has 0 aromatic heterocycles. The van der Waals surface area contributed by atoms with E-state index in [0.717, 1.165) is 36.0 Å². The summed E-state index contributed by atoms with van der Waals surface area (Å²) in [6, 6.07) is 6.04. The first-order valence-electron chi connectivity index (χ1n) is 7.77. The van der Waals surface area contributed by atoms with Gasteiger partial charge in [-0.3, -0.25) is 0 Å². The van der Waals surface area contributed by atoms with E-state index in [1.165, 1.54) is 25.7 Å². The molecular weight excluding hydrogens is 250 g/mol. The molecule has 1 N–H and O–H groups in total. The molecule has 1 fully saturated rings. The number of aliphatic hydroxyl groups excluding tert-OH is 1. The van der Waals surface area contributed by atoms with Crippen molar-refractivity contribution >= 4 is 5.69 Å². The topological polar surface area (TPSA) is 32.7 Å². The van der Waals surface area contributed by atoms with Crippen molar-refractivity contribution in [2.24, 2.45) is 5.92 Å². The van der Waals surface area contributed by atoms with Crippen molar-refractivity contribution in [2.75, 3.05) is 25.1 Å². The molecule has 1 aliphatic heterocycles. The van der Waals surface area contributed by atoms with Crippen molar-refractivity contribution in [3.63, 3.8) is 0 Å². The van der Waals surface area contributed by atoms with Gasteiger partial charge in [-0.25, -0.2) is 0 Å². The zero-order chi connectivity index (χ0) is 14.5. The number of methoxy groups -OCH3 is 1. The highest BCUT2D eigenvalue weighted by Crippen LogP contribution is 2.36. The van der Waals surface area contributed by atoms with Crippen LogP contribution in [0.25, 0.3) is 0 Å². The van der Waals surface area contributed by atoms with Gasteiger partial charge in [-0.05, 0) is 37.8 Å². The SMILES string of the molecule is CCCC1CCN(c2cccc(OC)c2[C@@H](C)O)CC1. The first-order valence-corrected chi connectivity index (χ1v) is 7.77. The third-order valence-electron chi connectivity index (χ3n) is 4.33. The molecule has 1 atom stereocenters. The molecule has 1 aromatic carbocycles. The van der Waals surface area contributed by atoms with Crippen LogP contribution < -0.4 is 9.64 Å². The largest absolute Gasteiger partial charge is 0.496 e. The molecule has 0 radical (unpaired) electrons. The summed E-state index contributed by atoms with van der Waals surface area (Å²) < 4.78 is 5.41. The van der Waals surface area contributed by atoms with Crippen molar-refractivity contribution in [1.82, 2.24) is 0 Å². The maximum Gasteiger partial charge on any atom is 0.126 e. The fraction of sp³-hybridized carbons (Fsp3) is 0.647. The molecule has 0 unspecified atom stereocenters. The fourth-order valence-corrected chi connectivity index (χ4v) is 3.28. The number of nitrogens with zero attached hydrogens (tertiary/aromatic N) is 1. The Bertz CT molecular complexity index is 423.